The van der Waals surface area contributed by atoms with Crippen molar-refractivity contribution >= 4 is 40.1 Å². The molecule has 0 bridgehead atoms. The maximum atomic E-state index is 13.8. The molecule has 1 aliphatic heterocycles. The third-order valence-electron chi connectivity index (χ3n) is 6.67. The van der Waals surface area contributed by atoms with E-state index in [1.165, 1.54) is 25.2 Å². The Balaban J connectivity index is 1.65. The zero-order valence-electron chi connectivity index (χ0n) is 21.7. The molecule has 8 nitrogen and oxygen atoms in total. The van der Waals surface area contributed by atoms with E-state index in [1.54, 1.807) is 54.6 Å². The maximum Gasteiger partial charge on any atom is 0.338 e. The summed E-state index contributed by atoms with van der Waals surface area (Å²) < 4.78 is 22.2. The molecule has 0 saturated heterocycles. The third kappa shape index (κ3) is 4.72. The first kappa shape index (κ1) is 26.3. The van der Waals surface area contributed by atoms with Gasteiger partial charge in [0.1, 0.15) is 5.58 Å². The van der Waals surface area contributed by atoms with Crippen molar-refractivity contribution in [2.75, 3.05) is 25.7 Å². The number of nitrogens with zero attached hydrogens (tertiary/aromatic N) is 1. The lowest BCUT2D eigenvalue weighted by molar-refractivity contribution is 0.0499. The Hall–Kier alpha value is -4.30. The number of unbranched alkanes of at least 4 members (excludes halogenated alkanes) is 1. The lowest BCUT2D eigenvalue weighted by atomic mass is 9.97. The van der Waals surface area contributed by atoms with Crippen molar-refractivity contribution < 1.29 is 28.2 Å². The van der Waals surface area contributed by atoms with Gasteiger partial charge in [-0.1, -0.05) is 31.0 Å². The highest BCUT2D eigenvalue weighted by Gasteiger charge is 2.44. The number of amides is 1. The maximum absolute atomic E-state index is 13.8. The Morgan fingerprint density at radius 3 is 2.41 bits per heavy atom. The van der Waals surface area contributed by atoms with Crippen molar-refractivity contribution in [3.63, 3.8) is 0 Å². The molecular weight excluding hydrogens is 522 g/mol. The van der Waals surface area contributed by atoms with Gasteiger partial charge in [-0.05, 0) is 66.6 Å². The third-order valence-corrected chi connectivity index (χ3v) is 6.90. The fourth-order valence-corrected chi connectivity index (χ4v) is 4.87. The summed E-state index contributed by atoms with van der Waals surface area (Å²) in [6.45, 7) is 2.35. The molecule has 0 spiro atoms. The molecule has 1 aromatic heterocycles. The number of esters is 1. The molecule has 2 heterocycles. The molecule has 0 N–H and O–H groups in total. The number of hydrogen-bond acceptors (Lipinski definition) is 7. The predicted molar refractivity (Wildman–Crippen MR) is 147 cm³/mol. The fraction of sp³-hybridized carbons (Fsp3) is 0.233. The van der Waals surface area contributed by atoms with E-state index in [2.05, 4.69) is 0 Å². The average molecular weight is 548 g/mol. The van der Waals surface area contributed by atoms with Gasteiger partial charge in [0.2, 0.25) is 5.76 Å². The topological polar surface area (TPSA) is 95.3 Å². The molecule has 3 aromatic carbocycles. The monoisotopic (exact) mass is 547 g/mol. The zero-order valence-corrected chi connectivity index (χ0v) is 22.4. The molecule has 1 aliphatic rings. The van der Waals surface area contributed by atoms with Crippen molar-refractivity contribution in [1.82, 2.24) is 0 Å². The zero-order chi connectivity index (χ0) is 27.7. The van der Waals surface area contributed by atoms with Crippen LogP contribution in [0.4, 0.5) is 5.69 Å². The van der Waals surface area contributed by atoms with Crippen molar-refractivity contribution in [3.8, 4) is 11.5 Å². The minimum Gasteiger partial charge on any atom is -0.493 e. The summed E-state index contributed by atoms with van der Waals surface area (Å²) in [5.74, 6) is -0.0491. The van der Waals surface area contributed by atoms with Crippen LogP contribution in [0.25, 0.3) is 11.0 Å². The van der Waals surface area contributed by atoms with E-state index in [0.29, 0.717) is 39.9 Å². The quantitative estimate of drug-likeness (QED) is 0.192. The van der Waals surface area contributed by atoms with Gasteiger partial charge in [-0.2, -0.15) is 0 Å². The summed E-state index contributed by atoms with van der Waals surface area (Å²) in [4.78, 5) is 41.5. The largest absolute Gasteiger partial charge is 0.493 e. The molecule has 9 heteroatoms. The van der Waals surface area contributed by atoms with Crippen LogP contribution in [-0.2, 0) is 4.74 Å². The van der Waals surface area contributed by atoms with Crippen LogP contribution in [0, 0.1) is 0 Å². The van der Waals surface area contributed by atoms with E-state index in [-0.39, 0.29) is 27.7 Å². The van der Waals surface area contributed by atoms with Crippen LogP contribution in [0.2, 0.25) is 5.02 Å². The van der Waals surface area contributed by atoms with Gasteiger partial charge < -0.3 is 18.6 Å². The van der Waals surface area contributed by atoms with Crippen LogP contribution in [0.1, 0.15) is 57.8 Å². The molecule has 0 saturated carbocycles. The first-order valence-corrected chi connectivity index (χ1v) is 12.8. The number of rotatable bonds is 8. The minimum atomic E-state index is -0.839. The van der Waals surface area contributed by atoms with Gasteiger partial charge in [-0.3, -0.25) is 14.5 Å². The second kappa shape index (κ2) is 10.8. The Kier molecular flexibility index (Phi) is 7.30. The van der Waals surface area contributed by atoms with E-state index in [4.69, 9.17) is 30.2 Å². The number of fused-ring (bicyclic) bond motifs is 2. The first-order chi connectivity index (χ1) is 18.9. The number of methoxy groups -OCH3 is 2. The number of anilines is 1. The molecule has 200 valence electrons. The van der Waals surface area contributed by atoms with E-state index >= 15 is 0 Å². The summed E-state index contributed by atoms with van der Waals surface area (Å²) in [7, 11) is 3.03. The molecular formula is C30H26ClNO7. The summed E-state index contributed by atoms with van der Waals surface area (Å²) in [6.07, 6.45) is 1.69. The number of carbonyl (C=O) groups excluding carboxylic acids is 2. The number of hydrogen-bond donors (Lipinski definition) is 0. The lowest BCUT2D eigenvalue weighted by Gasteiger charge is -2.26. The van der Waals surface area contributed by atoms with Gasteiger partial charge >= 0.3 is 5.97 Å². The van der Waals surface area contributed by atoms with Crippen LogP contribution in [0.15, 0.2) is 69.9 Å². The molecule has 4 aromatic rings. The molecule has 0 radical (unpaired) electrons. The van der Waals surface area contributed by atoms with Crippen LogP contribution in [-0.4, -0.2) is 32.7 Å². The predicted octanol–water partition coefficient (Wildman–Crippen LogP) is 6.17. The van der Waals surface area contributed by atoms with E-state index < -0.39 is 17.9 Å². The molecule has 1 unspecified atom stereocenters. The molecule has 1 atom stereocenters. The number of ether oxygens (including phenoxy) is 3. The van der Waals surface area contributed by atoms with E-state index in [1.807, 2.05) is 6.92 Å². The lowest BCUT2D eigenvalue weighted by Crippen LogP contribution is -2.29. The van der Waals surface area contributed by atoms with Crippen LogP contribution < -0.4 is 19.8 Å². The second-order valence-corrected chi connectivity index (χ2v) is 9.48. The van der Waals surface area contributed by atoms with Crippen LogP contribution >= 0.6 is 11.6 Å². The van der Waals surface area contributed by atoms with Gasteiger partial charge in [0.05, 0.1) is 43.4 Å². The van der Waals surface area contributed by atoms with Gasteiger partial charge in [0.25, 0.3) is 5.91 Å². The fourth-order valence-electron chi connectivity index (χ4n) is 4.70. The second-order valence-electron chi connectivity index (χ2n) is 9.04. The van der Waals surface area contributed by atoms with Crippen molar-refractivity contribution in [2.45, 2.75) is 25.8 Å². The molecule has 0 aliphatic carbocycles. The summed E-state index contributed by atoms with van der Waals surface area (Å²) in [6, 6.07) is 15.5. The molecule has 1 amide bonds. The Bertz CT molecular complexity index is 1630. The Labute approximate surface area is 229 Å². The summed E-state index contributed by atoms with van der Waals surface area (Å²) in [5, 5.41) is 0.645. The average Bonchev–Trinajstić information content (AvgIpc) is 3.25. The van der Waals surface area contributed by atoms with Gasteiger partial charge in [0, 0.05) is 10.7 Å². The number of carbonyl (C=O) groups is 2. The smallest absolute Gasteiger partial charge is 0.338 e. The summed E-state index contributed by atoms with van der Waals surface area (Å²) >= 11 is 6.18. The van der Waals surface area contributed by atoms with E-state index in [9.17, 15) is 14.4 Å². The van der Waals surface area contributed by atoms with Gasteiger partial charge in [-0.25, -0.2) is 4.79 Å². The molecule has 39 heavy (non-hydrogen) atoms. The van der Waals surface area contributed by atoms with Gasteiger partial charge in [0.15, 0.2) is 16.9 Å². The SMILES string of the molecule is CCCCOC(=O)c1ccc(N2C(=O)c3oc4ccc(Cl)cc4c(=O)c3C2c2ccc(OC)c(OC)c2)cc1. The highest BCUT2D eigenvalue weighted by Crippen LogP contribution is 2.43. The standard InChI is InChI=1S/C30H26ClNO7/c1-4-5-14-38-30(35)17-6-10-20(11-7-17)32-26(18-8-12-23(36-2)24(15-18)37-3)25-27(33)21-16-19(31)9-13-22(21)39-28(25)29(32)34/h6-13,15-16,26H,4-5,14H2,1-3H3. The normalized spacial score (nSPS) is 14.4. The van der Waals surface area contributed by atoms with Crippen LogP contribution in [0.3, 0.4) is 0 Å². The van der Waals surface area contributed by atoms with Crippen molar-refractivity contribution in [1.29, 1.82) is 0 Å². The number of benzene rings is 3. The van der Waals surface area contributed by atoms with E-state index in [0.717, 1.165) is 12.8 Å². The first-order valence-electron chi connectivity index (χ1n) is 12.5. The summed E-state index contributed by atoms with van der Waals surface area (Å²) in [5.41, 5.74) is 1.52. The highest BCUT2D eigenvalue weighted by molar-refractivity contribution is 6.31. The molecule has 5 rings (SSSR count). The van der Waals surface area contributed by atoms with Crippen LogP contribution in [0.5, 0.6) is 11.5 Å². The molecule has 0 fully saturated rings. The van der Waals surface area contributed by atoms with Crippen molar-refractivity contribution in [3.05, 3.63) is 98.4 Å². The van der Waals surface area contributed by atoms with Crippen molar-refractivity contribution in [2.24, 2.45) is 0 Å². The highest BCUT2D eigenvalue weighted by atomic mass is 35.5. The Morgan fingerprint density at radius 2 is 1.72 bits per heavy atom. The number of halogens is 1. The van der Waals surface area contributed by atoms with Gasteiger partial charge in [-0.15, -0.1) is 0 Å². The minimum absolute atomic E-state index is 0.0577. The Morgan fingerprint density at radius 1 is 0.974 bits per heavy atom.